The van der Waals surface area contributed by atoms with E-state index in [1.165, 1.54) is 11.6 Å². The first-order valence-corrected chi connectivity index (χ1v) is 3.76. The van der Waals surface area contributed by atoms with Gasteiger partial charge in [-0.3, -0.25) is 0 Å². The van der Waals surface area contributed by atoms with Crippen molar-refractivity contribution < 1.29 is 51.0 Å². The average molecular weight is 283 g/mol. The van der Waals surface area contributed by atoms with E-state index in [0.29, 0.717) is 0 Å². The van der Waals surface area contributed by atoms with Gasteiger partial charge in [0.2, 0.25) is 0 Å². The molecule has 0 saturated carbocycles. The molecule has 1 aromatic carbocycles. The summed E-state index contributed by atoms with van der Waals surface area (Å²) in [6.45, 7) is 0. The van der Waals surface area contributed by atoms with Crippen LogP contribution in [0.15, 0.2) is 30.3 Å². The third-order valence-corrected chi connectivity index (χ3v) is 1.71. The van der Waals surface area contributed by atoms with Crippen LogP contribution >= 0.6 is 0 Å². The van der Waals surface area contributed by atoms with E-state index < -0.39 is 0 Å². The molecule has 0 atom stereocenters. The van der Waals surface area contributed by atoms with Crippen molar-refractivity contribution in [2.45, 2.75) is 6.04 Å². The molecule has 1 radical (unpaired) electrons. The van der Waals surface area contributed by atoms with Gasteiger partial charge in [0.05, 0.1) is 0 Å². The van der Waals surface area contributed by atoms with Gasteiger partial charge in [0.15, 0.2) is 0 Å². The Labute approximate surface area is 103 Å². The topological polar surface area (TPSA) is 0 Å². The standard InChI is InChI=1S/C7H9Si.2ClH.Zr/c8-6-7-4-2-1-3-5-7;;;/h1-5H,6,8H2;2*1H;/q;;;+2/p-2. The van der Waals surface area contributed by atoms with E-state index in [-0.39, 0.29) is 51.0 Å². The Morgan fingerprint density at radius 3 is 1.73 bits per heavy atom. The Hall–Kier alpha value is 0.900. The van der Waals surface area contributed by atoms with Crippen LogP contribution in [0.5, 0.6) is 0 Å². The molecule has 11 heavy (non-hydrogen) atoms. The molecule has 1 rings (SSSR count). The molecule has 4 heteroatoms. The van der Waals surface area contributed by atoms with Crippen LogP contribution in [0.2, 0.25) is 0 Å². The zero-order chi connectivity index (χ0) is 5.82. The van der Waals surface area contributed by atoms with E-state index in [1.54, 1.807) is 0 Å². The second-order valence-electron chi connectivity index (χ2n) is 1.74. The van der Waals surface area contributed by atoms with Crippen LogP contribution in [-0.2, 0) is 32.2 Å². The van der Waals surface area contributed by atoms with Gasteiger partial charge in [-0.05, 0) is 6.04 Å². The van der Waals surface area contributed by atoms with Crippen LogP contribution in [0.3, 0.4) is 0 Å². The third-order valence-electron chi connectivity index (χ3n) is 1.13. The predicted molar refractivity (Wildman–Crippen MR) is 38.7 cm³/mol. The molecule has 0 N–H and O–H groups in total. The maximum absolute atomic E-state index is 2.15. The first kappa shape index (κ1) is 17.8. The summed E-state index contributed by atoms with van der Waals surface area (Å²) in [6, 6.07) is 11.6. The molecule has 0 nitrogen and oxygen atoms in total. The molecule has 0 aliphatic carbocycles. The van der Waals surface area contributed by atoms with Gasteiger partial charge in [-0.15, -0.1) is 0 Å². The maximum atomic E-state index is 2.15. The quantitative estimate of drug-likeness (QED) is 0.452. The van der Waals surface area contributed by atoms with E-state index >= 15 is 0 Å². The maximum Gasteiger partial charge on any atom is 2.00 e. The van der Waals surface area contributed by atoms with Gasteiger partial charge in [0.1, 0.15) is 0 Å². The summed E-state index contributed by atoms with van der Waals surface area (Å²) in [4.78, 5) is 0. The van der Waals surface area contributed by atoms with E-state index in [4.69, 9.17) is 0 Å². The molecule has 0 amide bonds. The summed E-state index contributed by atoms with van der Waals surface area (Å²) < 4.78 is 0. The van der Waals surface area contributed by atoms with E-state index in [9.17, 15) is 0 Å². The van der Waals surface area contributed by atoms with Gasteiger partial charge in [-0.25, -0.2) is 0 Å². The average Bonchev–Trinajstić information content (AvgIpc) is 1.90. The normalized spacial score (nSPS) is 6.64. The number of rotatable bonds is 1. The summed E-state index contributed by atoms with van der Waals surface area (Å²) in [5.74, 6) is 0. The van der Waals surface area contributed by atoms with Crippen molar-refractivity contribution in [1.29, 1.82) is 0 Å². The van der Waals surface area contributed by atoms with Crippen LogP contribution in [0.4, 0.5) is 0 Å². The smallest absolute Gasteiger partial charge is 1.00 e. The van der Waals surface area contributed by atoms with Crippen molar-refractivity contribution in [3.8, 4) is 0 Å². The van der Waals surface area contributed by atoms with Crippen molar-refractivity contribution >= 4 is 10.2 Å². The Bertz CT molecular complexity index is 158. The molecule has 0 heterocycles. The predicted octanol–water partition coefficient (Wildman–Crippen LogP) is -5.17. The number of benzene rings is 1. The first-order chi connectivity index (χ1) is 3.93. The van der Waals surface area contributed by atoms with Crippen molar-refractivity contribution in [3.05, 3.63) is 35.9 Å². The van der Waals surface area contributed by atoms with Crippen LogP contribution in [-0.4, -0.2) is 10.2 Å². The minimum atomic E-state index is 0. The zero-order valence-electron chi connectivity index (χ0n) is 6.06. The largest absolute Gasteiger partial charge is 2.00 e. The van der Waals surface area contributed by atoms with Gasteiger partial charge in [0, 0.05) is 10.2 Å². The Kier molecular flexibility index (Phi) is 17.7. The van der Waals surface area contributed by atoms with Crippen LogP contribution in [0, 0.1) is 0 Å². The van der Waals surface area contributed by atoms with Crippen LogP contribution < -0.4 is 24.8 Å². The van der Waals surface area contributed by atoms with Gasteiger partial charge in [0.25, 0.3) is 0 Å². The minimum Gasteiger partial charge on any atom is -1.00 e. The molecule has 0 spiro atoms. The summed E-state index contributed by atoms with van der Waals surface area (Å²) in [5.41, 5.74) is 1.42. The monoisotopic (exact) mass is 281 g/mol. The molecule has 59 valence electrons. The Morgan fingerprint density at radius 2 is 1.45 bits per heavy atom. The van der Waals surface area contributed by atoms with Gasteiger partial charge >= 0.3 is 26.2 Å². The van der Waals surface area contributed by atoms with E-state index in [1.807, 2.05) is 16.3 Å². The summed E-state index contributed by atoms with van der Waals surface area (Å²) in [7, 11) is 1.98. The molecule has 0 aromatic heterocycles. The van der Waals surface area contributed by atoms with E-state index in [2.05, 4.69) is 24.3 Å². The summed E-state index contributed by atoms with van der Waals surface area (Å²) in [5, 5.41) is 0. The zero-order valence-corrected chi connectivity index (χ0v) is 11.4. The SMILES string of the molecule is [Cl-].[Cl-].[SiH2]Cc1ccccc1.[Zr+2]. The fraction of sp³-hybridized carbons (Fsp3) is 0.143. The minimum absolute atomic E-state index is 0. The molecule has 0 fully saturated rings. The molecule has 1 aromatic rings. The molecular weight excluding hydrogens is 274 g/mol. The van der Waals surface area contributed by atoms with Crippen molar-refractivity contribution in [2.24, 2.45) is 0 Å². The van der Waals surface area contributed by atoms with Gasteiger partial charge in [-0.2, -0.15) is 0 Å². The summed E-state index contributed by atoms with van der Waals surface area (Å²) >= 11 is 0. The third kappa shape index (κ3) is 7.27. The molecular formula is C7H9Cl2SiZr. The number of hydrogen-bond acceptors (Lipinski definition) is 0. The van der Waals surface area contributed by atoms with Gasteiger partial charge < -0.3 is 24.8 Å². The molecule has 0 bridgehead atoms. The van der Waals surface area contributed by atoms with Crippen LogP contribution in [0.1, 0.15) is 5.56 Å². The molecule has 0 unspecified atom stereocenters. The van der Waals surface area contributed by atoms with Crippen LogP contribution in [0.25, 0.3) is 0 Å². The fourth-order valence-electron chi connectivity index (χ4n) is 0.645. The Balaban J connectivity index is -0.000000213. The Morgan fingerprint density at radius 1 is 1.00 bits per heavy atom. The van der Waals surface area contributed by atoms with Crippen molar-refractivity contribution in [2.75, 3.05) is 0 Å². The fourth-order valence-corrected chi connectivity index (χ4v) is 0.978. The molecule has 0 aliphatic heterocycles. The van der Waals surface area contributed by atoms with Crippen molar-refractivity contribution in [3.63, 3.8) is 0 Å². The van der Waals surface area contributed by atoms with Gasteiger partial charge in [-0.1, -0.05) is 35.9 Å². The first-order valence-electron chi connectivity index (χ1n) is 2.76. The van der Waals surface area contributed by atoms with E-state index in [0.717, 1.165) is 0 Å². The number of hydrogen-bond donors (Lipinski definition) is 0. The van der Waals surface area contributed by atoms with Crippen molar-refractivity contribution in [1.82, 2.24) is 0 Å². The molecule has 0 saturated heterocycles. The molecule has 0 aliphatic rings. The second-order valence-corrected chi connectivity index (χ2v) is 2.24. The second kappa shape index (κ2) is 10.9. The number of halogens is 2. The summed E-state index contributed by atoms with van der Waals surface area (Å²) in [6.07, 6.45) is 0.